The average Bonchev–Trinajstić information content (AvgIpc) is 3.34. The molecule has 1 aliphatic heterocycles. The summed E-state index contributed by atoms with van der Waals surface area (Å²) in [4.78, 5) is 25.9. The maximum absolute atomic E-state index is 12.3. The van der Waals surface area contributed by atoms with Crippen LogP contribution in [0.3, 0.4) is 0 Å². The van der Waals surface area contributed by atoms with Crippen LogP contribution in [0.2, 0.25) is 0 Å². The smallest absolute Gasteiger partial charge is 0.258 e. The Bertz CT molecular complexity index is 1070. The number of carbonyl (C=O) groups excluding carboxylic acids is 2. The van der Waals surface area contributed by atoms with Crippen LogP contribution in [0.15, 0.2) is 54.6 Å². The average molecular weight is 418 g/mol. The monoisotopic (exact) mass is 418 g/mol. The quantitative estimate of drug-likeness (QED) is 0.639. The van der Waals surface area contributed by atoms with Gasteiger partial charge in [0.15, 0.2) is 6.61 Å². The summed E-state index contributed by atoms with van der Waals surface area (Å²) in [7, 11) is 0. The number of nitrogens with zero attached hydrogens (tertiary/aromatic N) is 3. The zero-order valence-corrected chi connectivity index (χ0v) is 17.8. The fourth-order valence-corrected chi connectivity index (χ4v) is 3.78. The zero-order chi connectivity index (χ0) is 21.8. The van der Waals surface area contributed by atoms with E-state index in [-0.39, 0.29) is 18.4 Å². The van der Waals surface area contributed by atoms with E-state index in [1.165, 1.54) is 0 Å². The number of aromatic nitrogens is 2. The third-order valence-corrected chi connectivity index (χ3v) is 5.50. The molecule has 1 fully saturated rings. The van der Waals surface area contributed by atoms with Crippen LogP contribution in [0.4, 0.5) is 5.69 Å². The molecule has 2 aromatic carbocycles. The Morgan fingerprint density at radius 3 is 2.48 bits per heavy atom. The largest absolute Gasteiger partial charge is 0.484 e. The second-order valence-corrected chi connectivity index (χ2v) is 7.60. The summed E-state index contributed by atoms with van der Waals surface area (Å²) in [6.07, 6.45) is 1.49. The Balaban J connectivity index is 1.31. The summed E-state index contributed by atoms with van der Waals surface area (Å²) < 4.78 is 7.49. The molecule has 1 aliphatic rings. The third-order valence-electron chi connectivity index (χ3n) is 5.50. The summed E-state index contributed by atoms with van der Waals surface area (Å²) in [6, 6.07) is 17.2. The van der Waals surface area contributed by atoms with Gasteiger partial charge in [-0.2, -0.15) is 5.10 Å². The molecule has 160 valence electrons. The first kappa shape index (κ1) is 20.7. The SMILES string of the molecule is Cc1nn(-c2ccccc2)c(C)c1CNC(=O)COc1ccc(N2CCCC2=O)cc1. The topological polar surface area (TPSA) is 76.5 Å². The number of amides is 2. The van der Waals surface area contributed by atoms with E-state index in [4.69, 9.17) is 4.74 Å². The van der Waals surface area contributed by atoms with Crippen molar-refractivity contribution in [2.24, 2.45) is 0 Å². The van der Waals surface area contributed by atoms with Gasteiger partial charge in [0.05, 0.1) is 11.4 Å². The van der Waals surface area contributed by atoms with Crippen LogP contribution in [0, 0.1) is 13.8 Å². The van der Waals surface area contributed by atoms with E-state index < -0.39 is 0 Å². The highest BCUT2D eigenvalue weighted by Crippen LogP contribution is 2.24. The van der Waals surface area contributed by atoms with Crippen LogP contribution in [0.5, 0.6) is 5.75 Å². The molecule has 2 heterocycles. The molecule has 0 spiro atoms. The highest BCUT2D eigenvalue weighted by atomic mass is 16.5. The summed E-state index contributed by atoms with van der Waals surface area (Å²) in [6.45, 7) is 5.01. The number of benzene rings is 2. The van der Waals surface area contributed by atoms with Crippen LogP contribution >= 0.6 is 0 Å². The van der Waals surface area contributed by atoms with Gasteiger partial charge in [0.2, 0.25) is 5.91 Å². The predicted molar refractivity (Wildman–Crippen MR) is 118 cm³/mol. The van der Waals surface area contributed by atoms with Gasteiger partial charge in [-0.1, -0.05) is 18.2 Å². The van der Waals surface area contributed by atoms with Crippen molar-refractivity contribution in [2.75, 3.05) is 18.1 Å². The van der Waals surface area contributed by atoms with Gasteiger partial charge in [-0.25, -0.2) is 4.68 Å². The first-order valence-corrected chi connectivity index (χ1v) is 10.4. The molecule has 0 saturated carbocycles. The summed E-state index contributed by atoms with van der Waals surface area (Å²) >= 11 is 0. The molecular formula is C24H26N4O3. The second kappa shape index (κ2) is 9.04. The molecular weight excluding hydrogens is 392 g/mol. The van der Waals surface area contributed by atoms with Crippen molar-refractivity contribution in [1.82, 2.24) is 15.1 Å². The number of ether oxygens (including phenoxy) is 1. The Morgan fingerprint density at radius 1 is 1.06 bits per heavy atom. The lowest BCUT2D eigenvalue weighted by molar-refractivity contribution is -0.123. The number of hydrogen-bond acceptors (Lipinski definition) is 4. The van der Waals surface area contributed by atoms with Crippen molar-refractivity contribution in [3.8, 4) is 11.4 Å². The molecule has 4 rings (SSSR count). The van der Waals surface area contributed by atoms with E-state index in [1.807, 2.05) is 61.0 Å². The van der Waals surface area contributed by atoms with E-state index in [2.05, 4.69) is 10.4 Å². The first-order chi connectivity index (χ1) is 15.0. The van der Waals surface area contributed by atoms with Crippen molar-refractivity contribution in [1.29, 1.82) is 0 Å². The molecule has 0 bridgehead atoms. The lowest BCUT2D eigenvalue weighted by Gasteiger charge is -2.16. The molecule has 7 nitrogen and oxygen atoms in total. The minimum Gasteiger partial charge on any atom is -0.484 e. The van der Waals surface area contributed by atoms with Crippen LogP contribution in [-0.2, 0) is 16.1 Å². The molecule has 0 unspecified atom stereocenters. The molecule has 7 heteroatoms. The first-order valence-electron chi connectivity index (χ1n) is 10.4. The lowest BCUT2D eigenvalue weighted by Crippen LogP contribution is -2.28. The normalized spacial score (nSPS) is 13.5. The molecule has 3 aromatic rings. The summed E-state index contributed by atoms with van der Waals surface area (Å²) in [5, 5.41) is 7.51. The van der Waals surface area contributed by atoms with Crippen LogP contribution < -0.4 is 15.0 Å². The van der Waals surface area contributed by atoms with Gasteiger partial charge in [0, 0.05) is 36.5 Å². The van der Waals surface area contributed by atoms with E-state index >= 15 is 0 Å². The number of carbonyl (C=O) groups is 2. The number of hydrogen-bond donors (Lipinski definition) is 1. The van der Waals surface area contributed by atoms with E-state index in [1.54, 1.807) is 17.0 Å². The number of para-hydroxylation sites is 1. The molecule has 1 saturated heterocycles. The Morgan fingerprint density at radius 2 is 1.81 bits per heavy atom. The molecule has 0 atom stereocenters. The Kier molecular flexibility index (Phi) is 6.02. The number of rotatable bonds is 7. The van der Waals surface area contributed by atoms with Crippen molar-refractivity contribution >= 4 is 17.5 Å². The minimum absolute atomic E-state index is 0.0765. The van der Waals surface area contributed by atoms with Crippen molar-refractivity contribution in [3.63, 3.8) is 0 Å². The maximum atomic E-state index is 12.3. The Labute approximate surface area is 181 Å². The van der Waals surface area contributed by atoms with Crippen LogP contribution in [-0.4, -0.2) is 34.7 Å². The zero-order valence-electron chi connectivity index (χ0n) is 17.8. The van der Waals surface area contributed by atoms with Crippen molar-refractivity contribution in [3.05, 3.63) is 71.5 Å². The fourth-order valence-electron chi connectivity index (χ4n) is 3.78. The van der Waals surface area contributed by atoms with Crippen LogP contribution in [0.25, 0.3) is 5.69 Å². The molecule has 2 amide bonds. The third kappa shape index (κ3) is 4.60. The molecule has 31 heavy (non-hydrogen) atoms. The molecule has 1 aromatic heterocycles. The molecule has 1 N–H and O–H groups in total. The fraction of sp³-hybridized carbons (Fsp3) is 0.292. The Hall–Kier alpha value is -3.61. The molecule has 0 aliphatic carbocycles. The van der Waals surface area contributed by atoms with Crippen molar-refractivity contribution in [2.45, 2.75) is 33.2 Å². The van der Waals surface area contributed by atoms with Gasteiger partial charge in [-0.15, -0.1) is 0 Å². The van der Waals surface area contributed by atoms with Gasteiger partial charge in [0.1, 0.15) is 5.75 Å². The number of nitrogens with one attached hydrogen (secondary N) is 1. The highest BCUT2D eigenvalue weighted by molar-refractivity contribution is 5.95. The van der Waals surface area contributed by atoms with Crippen molar-refractivity contribution < 1.29 is 14.3 Å². The van der Waals surface area contributed by atoms with E-state index in [9.17, 15) is 9.59 Å². The molecule has 0 radical (unpaired) electrons. The van der Waals surface area contributed by atoms with Gasteiger partial charge in [0.25, 0.3) is 5.91 Å². The summed E-state index contributed by atoms with van der Waals surface area (Å²) in [5.74, 6) is 0.536. The highest BCUT2D eigenvalue weighted by Gasteiger charge is 2.21. The maximum Gasteiger partial charge on any atom is 0.258 e. The van der Waals surface area contributed by atoms with E-state index in [0.717, 1.165) is 41.3 Å². The number of anilines is 1. The predicted octanol–water partition coefficient (Wildman–Crippen LogP) is 3.31. The van der Waals surface area contributed by atoms with Crippen LogP contribution in [0.1, 0.15) is 29.8 Å². The second-order valence-electron chi connectivity index (χ2n) is 7.60. The van der Waals surface area contributed by atoms with Gasteiger partial charge >= 0.3 is 0 Å². The van der Waals surface area contributed by atoms with E-state index in [0.29, 0.717) is 18.7 Å². The standard InChI is InChI=1S/C24H26N4O3/c1-17-22(18(2)28(26-17)20-7-4-3-5-8-20)15-25-23(29)16-31-21-12-10-19(11-13-21)27-14-6-9-24(27)30/h3-5,7-8,10-13H,6,9,14-16H2,1-2H3,(H,25,29). The lowest BCUT2D eigenvalue weighted by atomic mass is 10.2. The van der Waals surface area contributed by atoms with Gasteiger partial charge in [-0.3, -0.25) is 9.59 Å². The summed E-state index contributed by atoms with van der Waals surface area (Å²) in [5.41, 5.74) is 4.73. The van der Waals surface area contributed by atoms with Gasteiger partial charge in [-0.05, 0) is 56.7 Å². The minimum atomic E-state index is -0.204. The van der Waals surface area contributed by atoms with Gasteiger partial charge < -0.3 is 15.0 Å². The number of aryl methyl sites for hydroxylation is 1.